The summed E-state index contributed by atoms with van der Waals surface area (Å²) in [5, 5.41) is 13.6. The van der Waals surface area contributed by atoms with Crippen molar-refractivity contribution in [3.8, 4) is 5.75 Å². The lowest BCUT2D eigenvalue weighted by molar-refractivity contribution is 0.102. The minimum Gasteiger partial charge on any atom is -0.492 e. The fourth-order valence-corrected chi connectivity index (χ4v) is 5.72. The van der Waals surface area contributed by atoms with Gasteiger partial charge in [-0.1, -0.05) is 6.07 Å². The Labute approximate surface area is 245 Å². The summed E-state index contributed by atoms with van der Waals surface area (Å²) in [6.07, 6.45) is 3.44. The van der Waals surface area contributed by atoms with Crippen LogP contribution in [0.1, 0.15) is 47.5 Å². The zero-order chi connectivity index (χ0) is 29.4. The normalized spacial score (nSPS) is 14.8. The fraction of sp³-hybridized carbons (Fsp3) is 0.419. The monoisotopic (exact) mass is 569 g/mol. The zero-order valence-corrected chi connectivity index (χ0v) is 25.0. The van der Waals surface area contributed by atoms with E-state index in [9.17, 15) is 4.79 Å². The van der Waals surface area contributed by atoms with Crippen LogP contribution >= 0.6 is 0 Å². The average molecular weight is 570 g/mol. The van der Waals surface area contributed by atoms with Crippen LogP contribution in [0.3, 0.4) is 0 Å². The number of piperazine rings is 1. The van der Waals surface area contributed by atoms with E-state index in [2.05, 4.69) is 54.0 Å². The molecule has 11 nitrogen and oxygen atoms in total. The molecule has 6 rings (SSSR count). The van der Waals surface area contributed by atoms with E-state index in [1.807, 2.05) is 52.8 Å². The molecule has 0 radical (unpaired) electrons. The van der Waals surface area contributed by atoms with Crippen molar-refractivity contribution in [2.24, 2.45) is 0 Å². The molecule has 0 unspecified atom stereocenters. The van der Waals surface area contributed by atoms with Crippen molar-refractivity contribution in [2.45, 2.75) is 40.3 Å². The molecule has 1 aromatic carbocycles. The molecular weight excluding hydrogens is 530 g/mol. The molecule has 1 aliphatic rings. The number of ether oxygens (including phenoxy) is 1. The van der Waals surface area contributed by atoms with Crippen molar-refractivity contribution >= 4 is 28.1 Å². The highest BCUT2D eigenvalue weighted by Gasteiger charge is 2.19. The molecule has 11 heteroatoms. The SMILES string of the molecule is Cc1nn(Cc2cc(C)n(C(C)C)n2)c2cccc(NC(=O)c3cnc4cc(OCCN5CCN(C)CC5)ccn34)c12. The van der Waals surface area contributed by atoms with E-state index in [1.54, 1.807) is 10.6 Å². The molecule has 42 heavy (non-hydrogen) atoms. The standard InChI is InChI=1S/C31H39N9O2/c1-21(2)40-22(3)17-24(35-40)20-39-27-8-6-7-26(30(27)23(4)34-39)33-31(41)28-19-32-29-18-25(9-10-38(28)29)42-16-15-37-13-11-36(5)12-14-37/h6-10,17-19,21H,11-16,20H2,1-5H3,(H,33,41). The van der Waals surface area contributed by atoms with Gasteiger partial charge >= 0.3 is 0 Å². The number of hydrogen-bond donors (Lipinski definition) is 1. The largest absolute Gasteiger partial charge is 0.492 e. The lowest BCUT2D eigenvalue weighted by Crippen LogP contribution is -2.45. The molecule has 1 fully saturated rings. The summed E-state index contributed by atoms with van der Waals surface area (Å²) in [7, 11) is 2.16. The Kier molecular flexibility index (Phi) is 7.70. The maximum Gasteiger partial charge on any atom is 0.274 e. The summed E-state index contributed by atoms with van der Waals surface area (Å²) in [6, 6.07) is 12.0. The summed E-state index contributed by atoms with van der Waals surface area (Å²) >= 11 is 0. The number of aryl methyl sites for hydroxylation is 2. The second-order valence-electron chi connectivity index (χ2n) is 11.4. The number of anilines is 1. The molecule has 0 saturated carbocycles. The minimum atomic E-state index is -0.239. The lowest BCUT2D eigenvalue weighted by atomic mass is 10.1. The highest BCUT2D eigenvalue weighted by molar-refractivity contribution is 6.08. The van der Waals surface area contributed by atoms with Crippen molar-refractivity contribution in [1.29, 1.82) is 0 Å². The predicted molar refractivity (Wildman–Crippen MR) is 163 cm³/mol. The molecule has 5 aromatic rings. The van der Waals surface area contributed by atoms with Gasteiger partial charge in [-0.15, -0.1) is 0 Å². The third-order valence-electron chi connectivity index (χ3n) is 7.96. The number of nitrogens with one attached hydrogen (secondary N) is 1. The Hall–Kier alpha value is -4.22. The number of hydrogen-bond acceptors (Lipinski definition) is 7. The Balaban J connectivity index is 1.16. The number of benzene rings is 1. The van der Waals surface area contributed by atoms with Gasteiger partial charge in [0.05, 0.1) is 35.3 Å². The second-order valence-corrected chi connectivity index (χ2v) is 11.4. The fourth-order valence-electron chi connectivity index (χ4n) is 5.72. The maximum atomic E-state index is 13.4. The summed E-state index contributed by atoms with van der Waals surface area (Å²) in [4.78, 5) is 22.7. The summed E-state index contributed by atoms with van der Waals surface area (Å²) in [5.74, 6) is 0.507. The van der Waals surface area contributed by atoms with Crippen LogP contribution in [-0.4, -0.2) is 91.0 Å². The topological polar surface area (TPSA) is 97.8 Å². The highest BCUT2D eigenvalue weighted by Crippen LogP contribution is 2.28. The van der Waals surface area contributed by atoms with Gasteiger partial charge in [-0.3, -0.25) is 23.5 Å². The Bertz CT molecular complexity index is 1720. The first-order chi connectivity index (χ1) is 20.3. The van der Waals surface area contributed by atoms with Crippen LogP contribution in [0.15, 0.2) is 48.8 Å². The number of fused-ring (bicyclic) bond motifs is 2. The molecule has 220 valence electrons. The van der Waals surface area contributed by atoms with Gasteiger partial charge in [0.25, 0.3) is 5.91 Å². The molecular formula is C31H39N9O2. The van der Waals surface area contributed by atoms with Crippen molar-refractivity contribution in [1.82, 2.24) is 38.7 Å². The van der Waals surface area contributed by atoms with Crippen molar-refractivity contribution in [3.63, 3.8) is 0 Å². The van der Waals surface area contributed by atoms with Gasteiger partial charge in [0.2, 0.25) is 0 Å². The lowest BCUT2D eigenvalue weighted by Gasteiger charge is -2.32. The van der Waals surface area contributed by atoms with Gasteiger partial charge in [0, 0.05) is 62.1 Å². The van der Waals surface area contributed by atoms with Gasteiger partial charge < -0.3 is 15.0 Å². The Morgan fingerprint density at radius 1 is 1.07 bits per heavy atom. The number of carbonyl (C=O) groups is 1. The quantitative estimate of drug-likeness (QED) is 0.287. The van der Waals surface area contributed by atoms with Gasteiger partial charge in [0.1, 0.15) is 23.7 Å². The van der Waals surface area contributed by atoms with Crippen LogP contribution in [0.2, 0.25) is 0 Å². The van der Waals surface area contributed by atoms with E-state index < -0.39 is 0 Å². The Morgan fingerprint density at radius 3 is 2.64 bits per heavy atom. The molecule has 4 aromatic heterocycles. The first kappa shape index (κ1) is 27.9. The molecule has 0 aliphatic carbocycles. The van der Waals surface area contributed by atoms with Crippen LogP contribution in [0.4, 0.5) is 5.69 Å². The second kappa shape index (κ2) is 11.6. The van der Waals surface area contributed by atoms with Crippen molar-refractivity contribution < 1.29 is 9.53 Å². The molecule has 1 saturated heterocycles. The van der Waals surface area contributed by atoms with Crippen LogP contribution in [-0.2, 0) is 6.54 Å². The van der Waals surface area contributed by atoms with Gasteiger partial charge in [-0.25, -0.2) is 4.98 Å². The van der Waals surface area contributed by atoms with E-state index in [-0.39, 0.29) is 5.91 Å². The van der Waals surface area contributed by atoms with E-state index in [1.165, 1.54) is 0 Å². The number of nitrogens with zero attached hydrogens (tertiary/aromatic N) is 8. The summed E-state index contributed by atoms with van der Waals surface area (Å²) < 4.78 is 11.8. The molecule has 1 amide bonds. The van der Waals surface area contributed by atoms with Gasteiger partial charge in [-0.2, -0.15) is 10.2 Å². The average Bonchev–Trinajstić information content (AvgIpc) is 3.65. The smallest absolute Gasteiger partial charge is 0.274 e. The number of pyridine rings is 1. The van der Waals surface area contributed by atoms with E-state index in [0.29, 0.717) is 36.2 Å². The molecule has 0 spiro atoms. The van der Waals surface area contributed by atoms with Crippen molar-refractivity contribution in [3.05, 3.63) is 71.6 Å². The predicted octanol–water partition coefficient (Wildman–Crippen LogP) is 4.01. The van der Waals surface area contributed by atoms with E-state index in [4.69, 9.17) is 14.9 Å². The van der Waals surface area contributed by atoms with Crippen molar-refractivity contribution in [2.75, 3.05) is 51.7 Å². The Morgan fingerprint density at radius 2 is 1.88 bits per heavy atom. The molecule has 0 atom stereocenters. The molecule has 1 N–H and O–H groups in total. The highest BCUT2D eigenvalue weighted by atomic mass is 16.5. The number of amides is 1. The van der Waals surface area contributed by atoms with E-state index in [0.717, 1.165) is 66.5 Å². The summed E-state index contributed by atoms with van der Waals surface area (Å²) in [6.45, 7) is 14.6. The number of aromatic nitrogens is 6. The first-order valence-corrected chi connectivity index (χ1v) is 14.6. The van der Waals surface area contributed by atoms with Crippen LogP contribution < -0.4 is 10.1 Å². The number of carbonyl (C=O) groups excluding carboxylic acids is 1. The number of rotatable bonds is 9. The van der Waals surface area contributed by atoms with Gasteiger partial charge in [0.15, 0.2) is 0 Å². The zero-order valence-electron chi connectivity index (χ0n) is 25.0. The van der Waals surface area contributed by atoms with Gasteiger partial charge in [-0.05, 0) is 59.0 Å². The van der Waals surface area contributed by atoms with Crippen LogP contribution in [0.25, 0.3) is 16.6 Å². The van der Waals surface area contributed by atoms with E-state index >= 15 is 0 Å². The first-order valence-electron chi connectivity index (χ1n) is 14.6. The number of imidazole rings is 1. The van der Waals surface area contributed by atoms with Crippen LogP contribution in [0, 0.1) is 13.8 Å². The van der Waals surface area contributed by atoms with Crippen LogP contribution in [0.5, 0.6) is 5.75 Å². The number of likely N-dealkylation sites (N-methyl/N-ethyl adjacent to an activating group) is 1. The third kappa shape index (κ3) is 5.62. The maximum absolute atomic E-state index is 13.4. The molecule has 1 aliphatic heterocycles. The third-order valence-corrected chi connectivity index (χ3v) is 7.96. The molecule has 0 bridgehead atoms. The minimum absolute atomic E-state index is 0.239. The molecule has 5 heterocycles. The summed E-state index contributed by atoms with van der Waals surface area (Å²) in [5.41, 5.74) is 5.69.